The van der Waals surface area contributed by atoms with Gasteiger partial charge in [0, 0.05) is 19.2 Å². The van der Waals surface area contributed by atoms with Crippen molar-refractivity contribution in [3.8, 4) is 11.5 Å². The highest BCUT2D eigenvalue weighted by Gasteiger charge is 2.16. The lowest BCUT2D eigenvalue weighted by atomic mass is 10.3. The molecule has 0 aliphatic rings. The van der Waals surface area contributed by atoms with Gasteiger partial charge < -0.3 is 14.4 Å². The van der Waals surface area contributed by atoms with Crippen molar-refractivity contribution in [3.05, 3.63) is 53.6 Å². The van der Waals surface area contributed by atoms with Crippen LogP contribution < -0.4 is 9.47 Å². The number of benzene rings is 1. The van der Waals surface area contributed by atoms with Gasteiger partial charge in [0.05, 0.1) is 18.1 Å². The molecule has 0 heterocycles. The van der Waals surface area contributed by atoms with Crippen LogP contribution in [0.15, 0.2) is 43.5 Å². The third-order valence-corrected chi connectivity index (χ3v) is 2.76. The van der Waals surface area contributed by atoms with Crippen molar-refractivity contribution in [2.24, 2.45) is 0 Å². The van der Waals surface area contributed by atoms with Gasteiger partial charge in [0.2, 0.25) is 0 Å². The Balaban J connectivity index is 2.83. The number of nitro groups is 1. The number of amides is 1. The first-order chi connectivity index (χ1) is 10.5. The molecule has 7 nitrogen and oxygen atoms in total. The molecule has 1 amide bonds. The zero-order chi connectivity index (χ0) is 16.5. The first-order valence-corrected chi connectivity index (χ1v) is 6.48. The van der Waals surface area contributed by atoms with Gasteiger partial charge in [0.15, 0.2) is 18.1 Å². The van der Waals surface area contributed by atoms with E-state index in [1.807, 2.05) is 0 Å². The predicted molar refractivity (Wildman–Crippen MR) is 82.1 cm³/mol. The number of rotatable bonds is 9. The highest BCUT2D eigenvalue weighted by Crippen LogP contribution is 2.31. The summed E-state index contributed by atoms with van der Waals surface area (Å²) in [6.07, 6.45) is 3.19. The Morgan fingerprint density at radius 1 is 1.32 bits per heavy atom. The van der Waals surface area contributed by atoms with Crippen LogP contribution in [0.4, 0.5) is 5.69 Å². The fraction of sp³-hybridized carbons (Fsp3) is 0.267. The lowest BCUT2D eigenvalue weighted by Crippen LogP contribution is -2.35. The second kappa shape index (κ2) is 8.46. The second-order valence-electron chi connectivity index (χ2n) is 4.26. The second-order valence-corrected chi connectivity index (χ2v) is 4.26. The van der Waals surface area contributed by atoms with E-state index in [0.29, 0.717) is 18.8 Å². The molecule has 0 saturated heterocycles. The van der Waals surface area contributed by atoms with Crippen LogP contribution in [0, 0.1) is 10.1 Å². The third-order valence-electron chi connectivity index (χ3n) is 2.76. The van der Waals surface area contributed by atoms with Gasteiger partial charge in [-0.25, -0.2) is 0 Å². The van der Waals surface area contributed by atoms with E-state index >= 15 is 0 Å². The smallest absolute Gasteiger partial charge is 0.273 e. The van der Waals surface area contributed by atoms with E-state index in [-0.39, 0.29) is 24.0 Å². The number of methoxy groups -OCH3 is 1. The molecule has 1 aromatic rings. The Morgan fingerprint density at radius 2 is 1.95 bits per heavy atom. The number of nitrogens with zero attached hydrogens (tertiary/aromatic N) is 2. The standard InChI is InChI=1S/C15H18N2O5/c1-4-8-16(9-5-2)15(18)11-22-14-10-12(17(19)20)6-7-13(14)21-3/h4-7,10H,1-2,8-9,11H2,3H3. The van der Waals surface area contributed by atoms with Crippen LogP contribution in [0.2, 0.25) is 0 Å². The monoisotopic (exact) mass is 306 g/mol. The molecule has 0 bridgehead atoms. The number of carbonyl (C=O) groups is 1. The topological polar surface area (TPSA) is 81.9 Å². The minimum Gasteiger partial charge on any atom is -0.493 e. The average molecular weight is 306 g/mol. The summed E-state index contributed by atoms with van der Waals surface area (Å²) in [6.45, 7) is 7.61. The van der Waals surface area contributed by atoms with Crippen LogP contribution >= 0.6 is 0 Å². The number of hydrogen-bond donors (Lipinski definition) is 0. The van der Waals surface area contributed by atoms with Gasteiger partial charge in [0.25, 0.3) is 11.6 Å². The molecular formula is C15H18N2O5. The summed E-state index contributed by atoms with van der Waals surface area (Å²) in [7, 11) is 1.41. The summed E-state index contributed by atoms with van der Waals surface area (Å²) >= 11 is 0. The van der Waals surface area contributed by atoms with E-state index < -0.39 is 4.92 Å². The maximum Gasteiger partial charge on any atom is 0.273 e. The molecule has 0 N–H and O–H groups in total. The molecule has 118 valence electrons. The van der Waals surface area contributed by atoms with Crippen LogP contribution in [0.5, 0.6) is 11.5 Å². The third kappa shape index (κ3) is 4.62. The zero-order valence-electron chi connectivity index (χ0n) is 12.4. The van der Waals surface area contributed by atoms with Gasteiger partial charge in [-0.2, -0.15) is 0 Å². The quantitative estimate of drug-likeness (QED) is 0.397. The molecule has 0 saturated carbocycles. The largest absolute Gasteiger partial charge is 0.493 e. The minimum atomic E-state index is -0.546. The molecule has 0 aliphatic carbocycles. The van der Waals surface area contributed by atoms with E-state index in [1.54, 1.807) is 12.2 Å². The van der Waals surface area contributed by atoms with E-state index in [9.17, 15) is 14.9 Å². The Labute approximate surface area is 128 Å². The fourth-order valence-electron chi connectivity index (χ4n) is 1.71. The number of carbonyl (C=O) groups excluding carboxylic acids is 1. The number of nitro benzene ring substituents is 1. The first kappa shape index (κ1) is 17.2. The van der Waals surface area contributed by atoms with Crippen molar-refractivity contribution < 1.29 is 19.2 Å². The SMILES string of the molecule is C=CCN(CC=C)C(=O)COc1cc([N+](=O)[O-])ccc1OC. The van der Waals surface area contributed by atoms with Crippen molar-refractivity contribution in [2.75, 3.05) is 26.8 Å². The summed E-state index contributed by atoms with van der Waals surface area (Å²) in [5.74, 6) is 0.174. The van der Waals surface area contributed by atoms with Gasteiger partial charge in [-0.1, -0.05) is 12.2 Å². The van der Waals surface area contributed by atoms with Gasteiger partial charge in [-0.3, -0.25) is 14.9 Å². The summed E-state index contributed by atoms with van der Waals surface area (Å²) in [5.41, 5.74) is -0.141. The minimum absolute atomic E-state index is 0.141. The van der Waals surface area contributed by atoms with Gasteiger partial charge in [0.1, 0.15) is 0 Å². The van der Waals surface area contributed by atoms with E-state index in [1.165, 1.54) is 30.2 Å². The molecule has 0 atom stereocenters. The van der Waals surface area contributed by atoms with Crippen molar-refractivity contribution in [3.63, 3.8) is 0 Å². The van der Waals surface area contributed by atoms with Crippen LogP contribution in [-0.2, 0) is 4.79 Å². The molecule has 0 unspecified atom stereocenters. The summed E-state index contributed by atoms with van der Waals surface area (Å²) in [5, 5.41) is 10.8. The molecule has 0 fully saturated rings. The van der Waals surface area contributed by atoms with E-state index in [2.05, 4.69) is 13.2 Å². The number of ether oxygens (including phenoxy) is 2. The van der Waals surface area contributed by atoms with Crippen LogP contribution in [0.3, 0.4) is 0 Å². The Morgan fingerprint density at radius 3 is 2.45 bits per heavy atom. The molecule has 22 heavy (non-hydrogen) atoms. The maximum absolute atomic E-state index is 12.0. The Kier molecular flexibility index (Phi) is 6.62. The van der Waals surface area contributed by atoms with E-state index in [0.717, 1.165) is 0 Å². The molecule has 1 rings (SSSR count). The molecule has 7 heteroatoms. The zero-order valence-corrected chi connectivity index (χ0v) is 12.4. The number of non-ortho nitro benzene ring substituents is 1. The van der Waals surface area contributed by atoms with Crippen LogP contribution in [0.25, 0.3) is 0 Å². The molecular weight excluding hydrogens is 288 g/mol. The lowest BCUT2D eigenvalue weighted by Gasteiger charge is -2.19. The van der Waals surface area contributed by atoms with Crippen LogP contribution in [-0.4, -0.2) is 42.5 Å². The predicted octanol–water partition coefficient (Wildman–Crippen LogP) is 2.18. The average Bonchev–Trinajstić information content (AvgIpc) is 2.51. The highest BCUT2D eigenvalue weighted by molar-refractivity contribution is 5.78. The molecule has 0 radical (unpaired) electrons. The van der Waals surface area contributed by atoms with Crippen LogP contribution in [0.1, 0.15) is 0 Å². The van der Waals surface area contributed by atoms with Crippen molar-refractivity contribution in [1.29, 1.82) is 0 Å². The summed E-state index contributed by atoms with van der Waals surface area (Å²) in [4.78, 5) is 23.8. The molecule has 0 aliphatic heterocycles. The van der Waals surface area contributed by atoms with Gasteiger partial charge >= 0.3 is 0 Å². The highest BCUT2D eigenvalue weighted by atomic mass is 16.6. The van der Waals surface area contributed by atoms with Crippen molar-refractivity contribution in [2.45, 2.75) is 0 Å². The molecule has 1 aromatic carbocycles. The fourth-order valence-corrected chi connectivity index (χ4v) is 1.71. The van der Waals surface area contributed by atoms with Crippen molar-refractivity contribution in [1.82, 2.24) is 4.90 Å². The lowest BCUT2D eigenvalue weighted by molar-refractivity contribution is -0.385. The summed E-state index contributed by atoms with van der Waals surface area (Å²) < 4.78 is 10.4. The van der Waals surface area contributed by atoms with Crippen molar-refractivity contribution >= 4 is 11.6 Å². The first-order valence-electron chi connectivity index (χ1n) is 6.48. The Hall–Kier alpha value is -2.83. The Bertz CT molecular complexity index is 561. The van der Waals surface area contributed by atoms with Gasteiger partial charge in [-0.15, -0.1) is 13.2 Å². The maximum atomic E-state index is 12.0. The van der Waals surface area contributed by atoms with Gasteiger partial charge in [-0.05, 0) is 6.07 Å². The summed E-state index contributed by atoms with van der Waals surface area (Å²) in [6, 6.07) is 3.94. The number of hydrogen-bond acceptors (Lipinski definition) is 5. The molecule has 0 spiro atoms. The normalized spacial score (nSPS) is 9.68. The van der Waals surface area contributed by atoms with E-state index in [4.69, 9.17) is 9.47 Å². The molecule has 0 aromatic heterocycles.